The maximum atomic E-state index is 5.69. The molecule has 20 heavy (non-hydrogen) atoms. The summed E-state index contributed by atoms with van der Waals surface area (Å²) in [6.45, 7) is 9.90. The van der Waals surface area contributed by atoms with Crippen LogP contribution in [0.5, 0.6) is 11.5 Å². The van der Waals surface area contributed by atoms with Crippen molar-refractivity contribution in [2.45, 2.75) is 39.8 Å². The molecule has 4 heteroatoms. The minimum atomic E-state index is 0.146. The second kappa shape index (κ2) is 8.82. The third kappa shape index (κ3) is 5.02. The molecule has 0 spiro atoms. The van der Waals surface area contributed by atoms with Crippen molar-refractivity contribution >= 4 is 0 Å². The number of nitrogens with one attached hydrogen (secondary N) is 1. The van der Waals surface area contributed by atoms with E-state index < -0.39 is 0 Å². The van der Waals surface area contributed by atoms with Gasteiger partial charge in [-0.25, -0.2) is 0 Å². The molecule has 0 aliphatic heterocycles. The lowest BCUT2D eigenvalue weighted by atomic mass is 10.1. The van der Waals surface area contributed by atoms with Crippen LogP contribution < -0.4 is 14.8 Å². The fourth-order valence-electron chi connectivity index (χ4n) is 1.92. The van der Waals surface area contributed by atoms with Gasteiger partial charge in [-0.05, 0) is 52.4 Å². The van der Waals surface area contributed by atoms with Gasteiger partial charge in [-0.3, -0.25) is 0 Å². The summed E-state index contributed by atoms with van der Waals surface area (Å²) in [5.74, 6) is 1.58. The van der Waals surface area contributed by atoms with E-state index in [1.54, 1.807) is 0 Å². The highest BCUT2D eigenvalue weighted by atomic mass is 16.5. The van der Waals surface area contributed by atoms with Crippen molar-refractivity contribution in [1.29, 1.82) is 0 Å². The summed E-state index contributed by atoms with van der Waals surface area (Å²) in [5, 5.41) is 3.27. The van der Waals surface area contributed by atoms with Gasteiger partial charge < -0.3 is 19.5 Å². The summed E-state index contributed by atoms with van der Waals surface area (Å²) in [6, 6.07) is 6.19. The van der Waals surface area contributed by atoms with Gasteiger partial charge in [0, 0.05) is 0 Å². The van der Waals surface area contributed by atoms with E-state index in [4.69, 9.17) is 14.2 Å². The highest BCUT2D eigenvalue weighted by molar-refractivity contribution is 5.44. The van der Waals surface area contributed by atoms with Crippen LogP contribution in [0.4, 0.5) is 0 Å². The van der Waals surface area contributed by atoms with Crippen LogP contribution in [0.1, 0.15) is 39.3 Å². The number of hydrogen-bond acceptors (Lipinski definition) is 4. The first kappa shape index (κ1) is 16.8. The summed E-state index contributed by atoms with van der Waals surface area (Å²) in [5.41, 5.74) is 1.14. The van der Waals surface area contributed by atoms with Crippen molar-refractivity contribution in [1.82, 2.24) is 5.32 Å². The van der Waals surface area contributed by atoms with E-state index in [0.717, 1.165) is 17.1 Å². The van der Waals surface area contributed by atoms with Gasteiger partial charge in [-0.15, -0.1) is 0 Å². The third-order valence-electron chi connectivity index (χ3n) is 2.91. The van der Waals surface area contributed by atoms with Gasteiger partial charge in [0.25, 0.3) is 0 Å². The summed E-state index contributed by atoms with van der Waals surface area (Å²) in [6.07, 6.45) is 0.222. The molecule has 1 atom stereocenters. The maximum absolute atomic E-state index is 5.69. The first-order valence-corrected chi connectivity index (χ1v) is 7.30. The van der Waals surface area contributed by atoms with Crippen molar-refractivity contribution in [3.63, 3.8) is 0 Å². The lowest BCUT2D eigenvalue weighted by Crippen LogP contribution is -2.23. The summed E-state index contributed by atoms with van der Waals surface area (Å²) in [7, 11) is 1.94. The first-order chi connectivity index (χ1) is 9.62. The lowest BCUT2D eigenvalue weighted by Gasteiger charge is -2.20. The molecular formula is C16H27NO3. The Labute approximate surface area is 122 Å². The van der Waals surface area contributed by atoms with Crippen molar-refractivity contribution in [3.8, 4) is 11.5 Å². The Morgan fingerprint density at radius 3 is 2.25 bits per heavy atom. The van der Waals surface area contributed by atoms with Crippen molar-refractivity contribution < 1.29 is 14.2 Å². The van der Waals surface area contributed by atoms with E-state index in [2.05, 4.69) is 11.4 Å². The second-order valence-electron chi connectivity index (χ2n) is 4.80. The van der Waals surface area contributed by atoms with Gasteiger partial charge in [-0.2, -0.15) is 0 Å². The van der Waals surface area contributed by atoms with E-state index in [1.807, 2.05) is 46.9 Å². The second-order valence-corrected chi connectivity index (χ2v) is 4.80. The molecule has 4 nitrogen and oxygen atoms in total. The molecule has 0 heterocycles. The van der Waals surface area contributed by atoms with Crippen molar-refractivity contribution in [2.24, 2.45) is 0 Å². The fourth-order valence-corrected chi connectivity index (χ4v) is 1.92. The minimum Gasteiger partial charge on any atom is -0.490 e. The molecule has 0 fully saturated rings. The van der Waals surface area contributed by atoms with Gasteiger partial charge in [0.05, 0.1) is 32.0 Å². The van der Waals surface area contributed by atoms with Gasteiger partial charge in [-0.1, -0.05) is 6.07 Å². The third-order valence-corrected chi connectivity index (χ3v) is 2.91. The smallest absolute Gasteiger partial charge is 0.161 e. The van der Waals surface area contributed by atoms with Gasteiger partial charge in [0.15, 0.2) is 11.5 Å². The predicted octanol–water partition coefficient (Wildman–Crippen LogP) is 3.17. The highest BCUT2D eigenvalue weighted by Gasteiger charge is 2.14. The summed E-state index contributed by atoms with van der Waals surface area (Å²) < 4.78 is 16.9. The Balaban J connectivity index is 2.89. The molecule has 1 aromatic rings. The molecule has 0 radical (unpaired) electrons. The van der Waals surface area contributed by atoms with Crippen molar-refractivity contribution in [2.75, 3.05) is 26.9 Å². The van der Waals surface area contributed by atoms with Crippen LogP contribution in [0.2, 0.25) is 0 Å². The number of likely N-dealkylation sites (N-methyl/N-ethyl adjacent to an activating group) is 1. The number of rotatable bonds is 9. The molecule has 0 bridgehead atoms. The molecule has 0 aromatic heterocycles. The molecule has 1 aromatic carbocycles. The molecule has 1 unspecified atom stereocenters. The zero-order chi connectivity index (χ0) is 15.0. The van der Waals surface area contributed by atoms with Crippen LogP contribution in [-0.2, 0) is 4.74 Å². The van der Waals surface area contributed by atoms with Crippen LogP contribution in [0.15, 0.2) is 18.2 Å². The molecule has 114 valence electrons. The van der Waals surface area contributed by atoms with Gasteiger partial charge >= 0.3 is 0 Å². The van der Waals surface area contributed by atoms with E-state index >= 15 is 0 Å². The Morgan fingerprint density at radius 2 is 1.70 bits per heavy atom. The number of benzene rings is 1. The Hall–Kier alpha value is -1.26. The van der Waals surface area contributed by atoms with Crippen LogP contribution in [0.3, 0.4) is 0 Å². The summed E-state index contributed by atoms with van der Waals surface area (Å²) >= 11 is 0. The Bertz CT molecular complexity index is 393. The number of hydrogen-bond donors (Lipinski definition) is 1. The molecule has 0 amide bonds. The van der Waals surface area contributed by atoms with Crippen LogP contribution in [0, 0.1) is 0 Å². The number of ether oxygens (including phenoxy) is 3. The molecule has 0 saturated carbocycles. The van der Waals surface area contributed by atoms with Crippen LogP contribution in [0.25, 0.3) is 0 Å². The van der Waals surface area contributed by atoms with E-state index in [0.29, 0.717) is 19.8 Å². The fraction of sp³-hybridized carbons (Fsp3) is 0.625. The summed E-state index contributed by atoms with van der Waals surface area (Å²) in [4.78, 5) is 0. The maximum Gasteiger partial charge on any atom is 0.161 e. The SMILES string of the molecule is CCOc1ccc(C(COC(C)C)NC)cc1OCC. The Kier molecular flexibility index (Phi) is 7.41. The normalized spacial score (nSPS) is 12.5. The molecule has 1 N–H and O–H groups in total. The topological polar surface area (TPSA) is 39.7 Å². The molecule has 1 rings (SSSR count). The average molecular weight is 281 g/mol. The largest absolute Gasteiger partial charge is 0.490 e. The minimum absolute atomic E-state index is 0.146. The van der Waals surface area contributed by atoms with Crippen LogP contribution in [-0.4, -0.2) is 33.0 Å². The zero-order valence-corrected chi connectivity index (χ0v) is 13.2. The zero-order valence-electron chi connectivity index (χ0n) is 13.2. The lowest BCUT2D eigenvalue weighted by molar-refractivity contribution is 0.0625. The average Bonchev–Trinajstić information content (AvgIpc) is 2.42. The van der Waals surface area contributed by atoms with Crippen LogP contribution >= 0.6 is 0 Å². The van der Waals surface area contributed by atoms with Gasteiger partial charge in [0.1, 0.15) is 0 Å². The standard InChI is InChI=1S/C16H27NO3/c1-6-18-15-9-8-13(10-16(15)19-7-2)14(17-5)11-20-12(3)4/h8-10,12,14,17H,6-7,11H2,1-5H3. The highest BCUT2D eigenvalue weighted by Crippen LogP contribution is 2.30. The molecular weight excluding hydrogens is 254 g/mol. The molecule has 0 aliphatic rings. The predicted molar refractivity (Wildman–Crippen MR) is 81.7 cm³/mol. The quantitative estimate of drug-likeness (QED) is 0.754. The molecule has 0 saturated heterocycles. The van der Waals surface area contributed by atoms with E-state index in [1.165, 1.54) is 0 Å². The Morgan fingerprint density at radius 1 is 1.05 bits per heavy atom. The first-order valence-electron chi connectivity index (χ1n) is 7.30. The van der Waals surface area contributed by atoms with E-state index in [9.17, 15) is 0 Å². The van der Waals surface area contributed by atoms with Crippen molar-refractivity contribution in [3.05, 3.63) is 23.8 Å². The van der Waals surface area contributed by atoms with E-state index in [-0.39, 0.29) is 12.1 Å². The monoisotopic (exact) mass is 281 g/mol. The van der Waals surface area contributed by atoms with Gasteiger partial charge in [0.2, 0.25) is 0 Å². The molecule has 0 aliphatic carbocycles.